The molecule has 0 aliphatic carbocycles. The van der Waals surface area contributed by atoms with Crippen molar-refractivity contribution in [3.63, 3.8) is 0 Å². The summed E-state index contributed by atoms with van der Waals surface area (Å²) in [4.78, 5) is 0. The van der Waals surface area contributed by atoms with Crippen LogP contribution in [0.25, 0.3) is 0 Å². The molecule has 0 atom stereocenters. The Hall–Kier alpha value is -3.00. The first-order valence-corrected chi connectivity index (χ1v) is 9.86. The third-order valence-corrected chi connectivity index (χ3v) is 4.45. The summed E-state index contributed by atoms with van der Waals surface area (Å²) in [6.07, 6.45) is 3.77. The van der Waals surface area contributed by atoms with Gasteiger partial charge in [-0.3, -0.25) is 5.43 Å². The molecule has 1 aliphatic heterocycles. The molecule has 2 aromatic carbocycles. The van der Waals surface area contributed by atoms with Crippen molar-refractivity contribution in [1.29, 1.82) is 0 Å². The van der Waals surface area contributed by atoms with Gasteiger partial charge >= 0.3 is 0 Å². The van der Waals surface area contributed by atoms with Crippen molar-refractivity contribution in [2.45, 2.75) is 26.3 Å². The molecule has 154 valence electrons. The van der Waals surface area contributed by atoms with E-state index in [4.69, 9.17) is 31.2 Å². The fraction of sp³-hybridized carbons (Fsp3) is 0.333. The van der Waals surface area contributed by atoms with Gasteiger partial charge in [0.25, 0.3) is 0 Å². The maximum absolute atomic E-state index is 5.74. The number of thiocarbonyl (C=S) groups is 1. The standard InChI is InChI=1S/C21H25N3O4S/c1-3-4-9-26-17-7-6-16(10-19(17)25-2)13-23-24-21(29)22-12-15-5-8-18-20(11-15)28-14-27-18/h5-8,10-11,13H,3-4,9,12,14H2,1-2H3,(H2,22,24,29)/b23-13-. The van der Waals surface area contributed by atoms with Gasteiger partial charge in [0, 0.05) is 6.54 Å². The minimum atomic E-state index is 0.261. The van der Waals surface area contributed by atoms with Crippen LogP contribution >= 0.6 is 12.2 Å². The predicted octanol–water partition coefficient (Wildman–Crippen LogP) is 3.60. The Balaban J connectivity index is 1.48. The van der Waals surface area contributed by atoms with Gasteiger partial charge in [-0.2, -0.15) is 5.10 Å². The third-order valence-electron chi connectivity index (χ3n) is 4.21. The lowest BCUT2D eigenvalue weighted by atomic mass is 10.2. The molecule has 0 unspecified atom stereocenters. The van der Waals surface area contributed by atoms with E-state index in [1.54, 1.807) is 13.3 Å². The fourth-order valence-corrected chi connectivity index (χ4v) is 2.77. The highest BCUT2D eigenvalue weighted by atomic mass is 32.1. The summed E-state index contributed by atoms with van der Waals surface area (Å²) in [7, 11) is 1.62. The van der Waals surface area contributed by atoms with Gasteiger partial charge in [0.1, 0.15) is 0 Å². The lowest BCUT2D eigenvalue weighted by Gasteiger charge is -2.11. The number of rotatable bonds is 9. The Morgan fingerprint density at radius 3 is 2.86 bits per heavy atom. The number of methoxy groups -OCH3 is 1. The molecule has 7 nitrogen and oxygen atoms in total. The number of hydrogen-bond acceptors (Lipinski definition) is 6. The zero-order valence-electron chi connectivity index (χ0n) is 16.6. The van der Waals surface area contributed by atoms with Crippen LogP contribution in [0.3, 0.4) is 0 Å². The Kier molecular flexibility index (Phi) is 7.52. The molecule has 0 saturated heterocycles. The second kappa shape index (κ2) is 10.5. The monoisotopic (exact) mass is 415 g/mol. The summed E-state index contributed by atoms with van der Waals surface area (Å²) in [5.74, 6) is 2.91. The predicted molar refractivity (Wildman–Crippen MR) is 116 cm³/mol. The molecule has 0 aromatic heterocycles. The molecular weight excluding hydrogens is 390 g/mol. The first-order valence-electron chi connectivity index (χ1n) is 9.46. The van der Waals surface area contributed by atoms with E-state index in [1.807, 2.05) is 36.4 Å². The molecule has 0 radical (unpaired) electrons. The minimum absolute atomic E-state index is 0.261. The summed E-state index contributed by atoms with van der Waals surface area (Å²) >= 11 is 5.26. The highest BCUT2D eigenvalue weighted by Gasteiger charge is 2.13. The number of ether oxygens (including phenoxy) is 4. The summed E-state index contributed by atoms with van der Waals surface area (Å²) in [6.45, 7) is 3.61. The van der Waals surface area contributed by atoms with Crippen LogP contribution in [-0.2, 0) is 6.54 Å². The van der Waals surface area contributed by atoms with Crippen LogP contribution in [0.1, 0.15) is 30.9 Å². The molecule has 1 aliphatic rings. The first kappa shape index (κ1) is 20.7. The van der Waals surface area contributed by atoms with Crippen LogP contribution in [0.4, 0.5) is 0 Å². The summed E-state index contributed by atoms with van der Waals surface area (Å²) in [6, 6.07) is 11.4. The van der Waals surface area contributed by atoms with Gasteiger partial charge in [-0.1, -0.05) is 19.4 Å². The molecule has 0 bridgehead atoms. The lowest BCUT2D eigenvalue weighted by molar-refractivity contribution is 0.174. The quantitative estimate of drug-likeness (QED) is 0.281. The van der Waals surface area contributed by atoms with Gasteiger partial charge in [-0.05, 0) is 60.1 Å². The molecule has 2 aromatic rings. The average molecular weight is 416 g/mol. The van der Waals surface area contributed by atoms with Gasteiger partial charge < -0.3 is 24.3 Å². The molecule has 0 saturated carbocycles. The van der Waals surface area contributed by atoms with Crippen LogP contribution in [0, 0.1) is 0 Å². The fourth-order valence-electron chi connectivity index (χ4n) is 2.65. The van der Waals surface area contributed by atoms with E-state index in [0.717, 1.165) is 41.2 Å². The lowest BCUT2D eigenvalue weighted by Crippen LogP contribution is -2.31. The van der Waals surface area contributed by atoms with Crippen molar-refractivity contribution in [2.75, 3.05) is 20.5 Å². The number of benzene rings is 2. The second-order valence-corrected chi connectivity index (χ2v) is 6.76. The Morgan fingerprint density at radius 1 is 1.17 bits per heavy atom. The van der Waals surface area contributed by atoms with Crippen LogP contribution in [0.2, 0.25) is 0 Å². The maximum Gasteiger partial charge on any atom is 0.231 e. The van der Waals surface area contributed by atoms with Crippen molar-refractivity contribution in [1.82, 2.24) is 10.7 Å². The van der Waals surface area contributed by atoms with Crippen molar-refractivity contribution in [3.8, 4) is 23.0 Å². The van der Waals surface area contributed by atoms with Crippen molar-refractivity contribution in [3.05, 3.63) is 47.5 Å². The van der Waals surface area contributed by atoms with Crippen LogP contribution in [-0.4, -0.2) is 31.8 Å². The highest BCUT2D eigenvalue weighted by Crippen LogP contribution is 2.32. The number of unbranched alkanes of at least 4 members (excludes halogenated alkanes) is 1. The van der Waals surface area contributed by atoms with Gasteiger partial charge in [0.2, 0.25) is 6.79 Å². The van der Waals surface area contributed by atoms with E-state index < -0.39 is 0 Å². The molecule has 1 heterocycles. The maximum atomic E-state index is 5.74. The molecular formula is C21H25N3O4S. The number of fused-ring (bicyclic) bond motifs is 1. The molecule has 3 rings (SSSR count). The number of nitrogens with one attached hydrogen (secondary N) is 2. The topological polar surface area (TPSA) is 73.3 Å². The first-order chi connectivity index (χ1) is 14.2. The normalized spacial score (nSPS) is 12.1. The van der Waals surface area contributed by atoms with E-state index in [2.05, 4.69) is 22.8 Å². The van der Waals surface area contributed by atoms with E-state index in [0.29, 0.717) is 24.0 Å². The highest BCUT2D eigenvalue weighted by molar-refractivity contribution is 7.80. The third kappa shape index (κ3) is 5.99. The van der Waals surface area contributed by atoms with Crippen LogP contribution < -0.4 is 29.7 Å². The molecule has 0 amide bonds. The van der Waals surface area contributed by atoms with E-state index in [9.17, 15) is 0 Å². The smallest absolute Gasteiger partial charge is 0.231 e. The molecule has 0 fully saturated rings. The van der Waals surface area contributed by atoms with Crippen molar-refractivity contribution >= 4 is 23.5 Å². The average Bonchev–Trinajstić information content (AvgIpc) is 3.21. The van der Waals surface area contributed by atoms with Crippen LogP contribution in [0.5, 0.6) is 23.0 Å². The van der Waals surface area contributed by atoms with E-state index in [1.165, 1.54) is 0 Å². The number of nitrogens with zero attached hydrogens (tertiary/aromatic N) is 1. The van der Waals surface area contributed by atoms with Gasteiger partial charge in [-0.15, -0.1) is 0 Å². The van der Waals surface area contributed by atoms with Gasteiger partial charge in [-0.25, -0.2) is 0 Å². The molecule has 8 heteroatoms. The number of hydrogen-bond donors (Lipinski definition) is 2. The van der Waals surface area contributed by atoms with E-state index in [-0.39, 0.29) is 6.79 Å². The van der Waals surface area contributed by atoms with Gasteiger partial charge in [0.15, 0.2) is 28.1 Å². The summed E-state index contributed by atoms with van der Waals surface area (Å²) < 4.78 is 21.8. The van der Waals surface area contributed by atoms with Crippen molar-refractivity contribution in [2.24, 2.45) is 5.10 Å². The zero-order chi connectivity index (χ0) is 20.5. The summed E-state index contributed by atoms with van der Waals surface area (Å²) in [5.41, 5.74) is 4.71. The second-order valence-electron chi connectivity index (χ2n) is 6.35. The Morgan fingerprint density at radius 2 is 2.03 bits per heavy atom. The minimum Gasteiger partial charge on any atom is -0.493 e. The summed E-state index contributed by atoms with van der Waals surface area (Å²) in [5, 5.41) is 7.70. The van der Waals surface area contributed by atoms with Crippen LogP contribution in [0.15, 0.2) is 41.5 Å². The SMILES string of the molecule is CCCCOc1ccc(/C=N\NC(=S)NCc2ccc3c(c2)OCO3)cc1OC. The number of hydrazone groups is 1. The molecule has 0 spiro atoms. The van der Waals surface area contributed by atoms with Crippen molar-refractivity contribution < 1.29 is 18.9 Å². The Labute approximate surface area is 176 Å². The molecule has 29 heavy (non-hydrogen) atoms. The molecule has 2 N–H and O–H groups in total. The van der Waals surface area contributed by atoms with E-state index >= 15 is 0 Å². The Bertz CT molecular complexity index is 873. The van der Waals surface area contributed by atoms with Gasteiger partial charge in [0.05, 0.1) is 19.9 Å². The largest absolute Gasteiger partial charge is 0.493 e. The zero-order valence-corrected chi connectivity index (χ0v) is 17.4.